The molecule has 7 heteroatoms. The first-order chi connectivity index (χ1) is 9.15. The number of nitrogens with one attached hydrogen (secondary N) is 2. The number of hydrogen-bond acceptors (Lipinski definition) is 4. The molecule has 1 aliphatic heterocycles. The van der Waals surface area contributed by atoms with Gasteiger partial charge in [-0.05, 0) is 25.7 Å². The van der Waals surface area contributed by atoms with Gasteiger partial charge in [-0.3, -0.25) is 9.89 Å². The minimum Gasteiger partial charge on any atom is -0.477 e. The highest BCUT2D eigenvalue weighted by Crippen LogP contribution is 2.17. The van der Waals surface area contributed by atoms with Crippen molar-refractivity contribution in [3.8, 4) is 0 Å². The van der Waals surface area contributed by atoms with Crippen LogP contribution in [0.2, 0.25) is 0 Å². The fourth-order valence-corrected chi connectivity index (χ4v) is 2.03. The van der Waals surface area contributed by atoms with E-state index in [0.29, 0.717) is 12.8 Å². The van der Waals surface area contributed by atoms with Gasteiger partial charge in [-0.1, -0.05) is 0 Å². The number of H-pyrrole nitrogens is 1. The Hall–Kier alpha value is -1.89. The van der Waals surface area contributed by atoms with Gasteiger partial charge in [0, 0.05) is 19.1 Å². The molecule has 2 heterocycles. The highest BCUT2D eigenvalue weighted by Gasteiger charge is 2.16. The molecule has 1 aliphatic rings. The minimum absolute atomic E-state index is 0.0501. The average molecular weight is 267 g/mol. The van der Waals surface area contributed by atoms with Crippen LogP contribution in [0, 0.1) is 0 Å². The van der Waals surface area contributed by atoms with Crippen LogP contribution in [-0.2, 0) is 9.53 Å². The van der Waals surface area contributed by atoms with E-state index in [1.165, 1.54) is 6.07 Å². The maximum Gasteiger partial charge on any atom is 0.353 e. The molecule has 0 spiro atoms. The van der Waals surface area contributed by atoms with E-state index in [-0.39, 0.29) is 23.5 Å². The third-order valence-corrected chi connectivity index (χ3v) is 3.04. The molecule has 1 aromatic heterocycles. The quantitative estimate of drug-likeness (QED) is 0.748. The van der Waals surface area contributed by atoms with Gasteiger partial charge < -0.3 is 15.2 Å². The molecule has 1 atom stereocenters. The van der Waals surface area contributed by atoms with Crippen molar-refractivity contribution in [3.63, 3.8) is 0 Å². The predicted molar refractivity (Wildman–Crippen MR) is 67.0 cm³/mol. The van der Waals surface area contributed by atoms with Crippen LogP contribution in [0.25, 0.3) is 0 Å². The Balaban J connectivity index is 1.75. The number of rotatable bonds is 5. The predicted octanol–water partition coefficient (Wildman–Crippen LogP) is 1.40. The second-order valence-corrected chi connectivity index (χ2v) is 4.55. The molecule has 1 fully saturated rings. The van der Waals surface area contributed by atoms with E-state index in [1.54, 1.807) is 0 Å². The number of hydrogen-bond donors (Lipinski definition) is 3. The molecule has 2 rings (SSSR count). The van der Waals surface area contributed by atoms with Crippen LogP contribution in [0.5, 0.6) is 0 Å². The first kappa shape index (κ1) is 13.5. The van der Waals surface area contributed by atoms with Crippen LogP contribution >= 0.6 is 0 Å². The number of nitrogens with zero attached hydrogens (tertiary/aromatic N) is 1. The van der Waals surface area contributed by atoms with Crippen LogP contribution in [0.4, 0.5) is 5.82 Å². The van der Waals surface area contributed by atoms with Gasteiger partial charge in [-0.15, -0.1) is 0 Å². The Morgan fingerprint density at radius 3 is 3.00 bits per heavy atom. The Kier molecular flexibility index (Phi) is 4.51. The number of carboxylic acids is 1. The van der Waals surface area contributed by atoms with E-state index in [9.17, 15) is 9.59 Å². The highest BCUT2D eigenvalue weighted by molar-refractivity contribution is 5.92. The molecular weight excluding hydrogens is 250 g/mol. The van der Waals surface area contributed by atoms with Crippen molar-refractivity contribution < 1.29 is 19.4 Å². The van der Waals surface area contributed by atoms with E-state index in [2.05, 4.69) is 15.5 Å². The fraction of sp³-hybridized carbons (Fsp3) is 0.583. The molecule has 7 nitrogen and oxygen atoms in total. The van der Waals surface area contributed by atoms with E-state index in [0.717, 1.165) is 25.9 Å². The zero-order valence-corrected chi connectivity index (χ0v) is 10.5. The Bertz CT molecular complexity index is 452. The molecular formula is C12H17N3O4. The molecule has 1 amide bonds. The maximum atomic E-state index is 11.7. The third-order valence-electron chi connectivity index (χ3n) is 3.04. The Labute approximate surface area is 110 Å². The van der Waals surface area contributed by atoms with Gasteiger partial charge in [0.25, 0.3) is 0 Å². The summed E-state index contributed by atoms with van der Waals surface area (Å²) in [4.78, 5) is 22.3. The standard InChI is InChI=1S/C12H17N3O4/c16-11(5-4-8-3-1-2-6-19-8)13-10-7-9(12(17)18)14-15-10/h7-8H,1-6H2,(H,17,18)(H2,13,14,15,16). The summed E-state index contributed by atoms with van der Waals surface area (Å²) >= 11 is 0. The van der Waals surface area contributed by atoms with E-state index in [4.69, 9.17) is 9.84 Å². The van der Waals surface area contributed by atoms with E-state index < -0.39 is 5.97 Å². The Morgan fingerprint density at radius 1 is 1.53 bits per heavy atom. The molecule has 0 aromatic carbocycles. The summed E-state index contributed by atoms with van der Waals surface area (Å²) in [5.74, 6) is -1.06. The number of anilines is 1. The van der Waals surface area contributed by atoms with Gasteiger partial charge >= 0.3 is 5.97 Å². The molecule has 0 radical (unpaired) electrons. The van der Waals surface area contributed by atoms with Gasteiger partial charge in [0.15, 0.2) is 5.82 Å². The van der Waals surface area contributed by atoms with Gasteiger partial charge in [0.2, 0.25) is 5.91 Å². The number of ether oxygens (including phenoxy) is 1. The number of amides is 1. The molecule has 0 aliphatic carbocycles. The van der Waals surface area contributed by atoms with Crippen LogP contribution in [0.15, 0.2) is 6.07 Å². The molecule has 1 unspecified atom stereocenters. The average Bonchev–Trinajstić information content (AvgIpc) is 2.86. The summed E-state index contributed by atoms with van der Waals surface area (Å²) in [5, 5.41) is 17.3. The summed E-state index contributed by atoms with van der Waals surface area (Å²) in [6, 6.07) is 1.29. The van der Waals surface area contributed by atoms with Crippen LogP contribution in [0.3, 0.4) is 0 Å². The summed E-state index contributed by atoms with van der Waals surface area (Å²) in [6.45, 7) is 0.771. The van der Waals surface area contributed by atoms with Gasteiger partial charge in [0.05, 0.1) is 6.10 Å². The van der Waals surface area contributed by atoms with Crippen molar-refractivity contribution in [2.45, 2.75) is 38.2 Å². The van der Waals surface area contributed by atoms with Crippen LogP contribution in [0.1, 0.15) is 42.6 Å². The summed E-state index contributed by atoms with van der Waals surface area (Å²) in [5.41, 5.74) is -0.0501. The molecule has 19 heavy (non-hydrogen) atoms. The lowest BCUT2D eigenvalue weighted by Crippen LogP contribution is -2.21. The normalized spacial score (nSPS) is 19.1. The maximum absolute atomic E-state index is 11.7. The minimum atomic E-state index is -1.11. The number of carbonyl (C=O) groups excluding carboxylic acids is 1. The van der Waals surface area contributed by atoms with Crippen molar-refractivity contribution >= 4 is 17.7 Å². The second-order valence-electron chi connectivity index (χ2n) is 4.55. The van der Waals surface area contributed by atoms with Crippen molar-refractivity contribution in [3.05, 3.63) is 11.8 Å². The number of aromatic amines is 1. The number of aromatic nitrogens is 2. The molecule has 3 N–H and O–H groups in total. The third kappa shape index (κ3) is 4.06. The summed E-state index contributed by atoms with van der Waals surface area (Å²) < 4.78 is 5.53. The number of carboxylic acid groups (broad SMARTS) is 1. The summed E-state index contributed by atoms with van der Waals surface area (Å²) in [6.07, 6.45) is 4.43. The molecule has 1 saturated heterocycles. The fourth-order valence-electron chi connectivity index (χ4n) is 2.03. The Morgan fingerprint density at radius 2 is 2.37 bits per heavy atom. The molecule has 0 bridgehead atoms. The van der Waals surface area contributed by atoms with Crippen molar-refractivity contribution in [2.24, 2.45) is 0 Å². The largest absolute Gasteiger partial charge is 0.477 e. The van der Waals surface area contributed by atoms with Gasteiger partial charge in [0.1, 0.15) is 5.69 Å². The lowest BCUT2D eigenvalue weighted by atomic mass is 10.0. The van der Waals surface area contributed by atoms with Gasteiger partial charge in [-0.2, -0.15) is 5.10 Å². The van der Waals surface area contributed by atoms with Crippen molar-refractivity contribution in [1.29, 1.82) is 0 Å². The number of carbonyl (C=O) groups is 2. The monoisotopic (exact) mass is 267 g/mol. The van der Waals surface area contributed by atoms with Crippen LogP contribution < -0.4 is 5.32 Å². The second kappa shape index (κ2) is 6.33. The lowest BCUT2D eigenvalue weighted by molar-refractivity contribution is -0.117. The summed E-state index contributed by atoms with van der Waals surface area (Å²) in [7, 11) is 0. The smallest absolute Gasteiger partial charge is 0.353 e. The lowest BCUT2D eigenvalue weighted by Gasteiger charge is -2.21. The zero-order valence-electron chi connectivity index (χ0n) is 10.5. The van der Waals surface area contributed by atoms with E-state index >= 15 is 0 Å². The molecule has 0 saturated carbocycles. The topological polar surface area (TPSA) is 104 Å². The number of aromatic carboxylic acids is 1. The van der Waals surface area contributed by atoms with E-state index in [1.807, 2.05) is 0 Å². The van der Waals surface area contributed by atoms with Gasteiger partial charge in [-0.25, -0.2) is 4.79 Å². The van der Waals surface area contributed by atoms with Crippen molar-refractivity contribution in [2.75, 3.05) is 11.9 Å². The first-order valence-electron chi connectivity index (χ1n) is 6.35. The molecule has 104 valence electrons. The zero-order chi connectivity index (χ0) is 13.7. The highest BCUT2D eigenvalue weighted by atomic mass is 16.5. The molecule has 1 aromatic rings. The van der Waals surface area contributed by atoms with Crippen LogP contribution in [-0.4, -0.2) is 39.9 Å². The van der Waals surface area contributed by atoms with Crippen molar-refractivity contribution in [1.82, 2.24) is 10.2 Å². The first-order valence-corrected chi connectivity index (χ1v) is 6.35. The SMILES string of the molecule is O=C(CCC1CCCCO1)Nc1cc(C(=O)O)[nH]n1.